The third-order valence-corrected chi connectivity index (χ3v) is 4.30. The zero-order valence-corrected chi connectivity index (χ0v) is 12.3. The summed E-state index contributed by atoms with van der Waals surface area (Å²) in [4.78, 5) is 2.22. The predicted molar refractivity (Wildman–Crippen MR) is 76.8 cm³/mol. The van der Waals surface area contributed by atoms with Crippen LogP contribution in [0, 0.1) is 17.6 Å². The van der Waals surface area contributed by atoms with Gasteiger partial charge < -0.3 is 15.1 Å². The monoisotopic (exact) mass is 299 g/mol. The summed E-state index contributed by atoms with van der Waals surface area (Å²) in [6, 6.07) is 3.15. The zero-order valence-electron chi connectivity index (χ0n) is 12.3. The fraction of sp³-hybridized carbons (Fsp3) is 0.625. The van der Waals surface area contributed by atoms with Crippen molar-refractivity contribution >= 4 is 0 Å². The number of rotatable bonds is 5. The van der Waals surface area contributed by atoms with Crippen molar-refractivity contribution < 1.29 is 19.0 Å². The maximum atomic E-state index is 13.1. The maximum Gasteiger partial charge on any atom is 0.126 e. The SMILES string of the molecule is CC(O)C1CCN(CCC(O)c2cc(F)cc(F)c2)CC1. The largest absolute Gasteiger partial charge is 0.393 e. The molecule has 2 N–H and O–H groups in total. The molecular formula is C16H23F2NO2. The standard InChI is InChI=1S/C16H23F2NO2/c1-11(20)12-2-5-19(6-3-12)7-4-16(21)13-8-14(17)10-15(18)9-13/h8-12,16,20-21H,2-7H2,1H3. The van der Waals surface area contributed by atoms with Crippen molar-refractivity contribution in [2.75, 3.05) is 19.6 Å². The fourth-order valence-electron chi connectivity index (χ4n) is 2.90. The van der Waals surface area contributed by atoms with Gasteiger partial charge >= 0.3 is 0 Å². The molecule has 0 aromatic heterocycles. The van der Waals surface area contributed by atoms with Crippen LogP contribution >= 0.6 is 0 Å². The number of halogens is 2. The lowest BCUT2D eigenvalue weighted by Crippen LogP contribution is -2.37. The Morgan fingerprint density at radius 2 is 1.71 bits per heavy atom. The highest BCUT2D eigenvalue weighted by Crippen LogP contribution is 2.23. The first kappa shape index (κ1) is 16.3. The molecule has 0 spiro atoms. The Kier molecular flexibility index (Phi) is 5.67. The van der Waals surface area contributed by atoms with Gasteiger partial charge in [-0.3, -0.25) is 0 Å². The number of piperidine rings is 1. The summed E-state index contributed by atoms with van der Waals surface area (Å²) in [6.45, 7) is 4.29. The van der Waals surface area contributed by atoms with Crippen molar-refractivity contribution in [3.8, 4) is 0 Å². The molecule has 1 aliphatic heterocycles. The first-order valence-electron chi connectivity index (χ1n) is 7.50. The zero-order chi connectivity index (χ0) is 15.4. The van der Waals surface area contributed by atoms with Gasteiger partial charge in [-0.25, -0.2) is 8.78 Å². The topological polar surface area (TPSA) is 43.7 Å². The molecule has 1 saturated heterocycles. The van der Waals surface area contributed by atoms with Crippen LogP contribution in [-0.2, 0) is 0 Å². The maximum absolute atomic E-state index is 13.1. The summed E-state index contributed by atoms with van der Waals surface area (Å²) < 4.78 is 26.2. The van der Waals surface area contributed by atoms with Gasteiger partial charge in [0.1, 0.15) is 11.6 Å². The van der Waals surface area contributed by atoms with Crippen LogP contribution in [0.5, 0.6) is 0 Å². The van der Waals surface area contributed by atoms with Gasteiger partial charge in [-0.2, -0.15) is 0 Å². The highest BCUT2D eigenvalue weighted by molar-refractivity contribution is 5.20. The first-order chi connectivity index (χ1) is 9.95. The third-order valence-electron chi connectivity index (χ3n) is 4.30. The molecule has 2 rings (SSSR count). The number of hydrogen-bond donors (Lipinski definition) is 2. The number of aliphatic hydroxyl groups excluding tert-OH is 2. The summed E-state index contributed by atoms with van der Waals surface area (Å²) in [5.74, 6) is -0.980. The molecular weight excluding hydrogens is 276 g/mol. The van der Waals surface area contributed by atoms with Crippen LogP contribution in [0.25, 0.3) is 0 Å². The van der Waals surface area contributed by atoms with Crippen LogP contribution in [0.15, 0.2) is 18.2 Å². The van der Waals surface area contributed by atoms with Crippen molar-refractivity contribution in [1.29, 1.82) is 0 Å². The van der Waals surface area contributed by atoms with Crippen LogP contribution in [0.2, 0.25) is 0 Å². The summed E-state index contributed by atoms with van der Waals surface area (Å²) in [6.07, 6.45) is 1.21. The molecule has 1 aromatic rings. The van der Waals surface area contributed by atoms with E-state index in [-0.39, 0.29) is 11.7 Å². The first-order valence-corrected chi connectivity index (χ1v) is 7.50. The van der Waals surface area contributed by atoms with Crippen LogP contribution in [-0.4, -0.2) is 40.9 Å². The van der Waals surface area contributed by atoms with Crippen LogP contribution in [0.1, 0.15) is 37.9 Å². The van der Waals surface area contributed by atoms with E-state index < -0.39 is 17.7 Å². The van der Waals surface area contributed by atoms with Gasteiger partial charge in [0.15, 0.2) is 0 Å². The van der Waals surface area contributed by atoms with Crippen molar-refractivity contribution in [3.05, 3.63) is 35.4 Å². The minimum Gasteiger partial charge on any atom is -0.393 e. The summed E-state index contributed by atoms with van der Waals surface area (Å²) in [7, 11) is 0. The lowest BCUT2D eigenvalue weighted by Gasteiger charge is -2.33. The quantitative estimate of drug-likeness (QED) is 0.878. The van der Waals surface area contributed by atoms with E-state index in [0.29, 0.717) is 18.9 Å². The van der Waals surface area contributed by atoms with E-state index in [9.17, 15) is 19.0 Å². The van der Waals surface area contributed by atoms with Gasteiger partial charge in [0, 0.05) is 12.6 Å². The molecule has 5 heteroatoms. The molecule has 1 aliphatic rings. The second kappa shape index (κ2) is 7.29. The van der Waals surface area contributed by atoms with E-state index in [1.807, 2.05) is 6.92 Å². The molecule has 0 radical (unpaired) electrons. The number of nitrogens with zero attached hydrogens (tertiary/aromatic N) is 1. The Bertz CT molecular complexity index is 439. The highest BCUT2D eigenvalue weighted by atomic mass is 19.1. The van der Waals surface area contributed by atoms with Gasteiger partial charge in [0.2, 0.25) is 0 Å². The summed E-state index contributed by atoms with van der Waals surface area (Å²) >= 11 is 0. The predicted octanol–water partition coefficient (Wildman–Crippen LogP) is 2.48. The van der Waals surface area contributed by atoms with Gasteiger partial charge in [0.25, 0.3) is 0 Å². The van der Waals surface area contributed by atoms with E-state index in [0.717, 1.165) is 32.0 Å². The minimum absolute atomic E-state index is 0.270. The Morgan fingerprint density at radius 3 is 2.24 bits per heavy atom. The van der Waals surface area contributed by atoms with E-state index in [1.165, 1.54) is 12.1 Å². The lowest BCUT2D eigenvalue weighted by atomic mass is 9.92. The van der Waals surface area contributed by atoms with Crippen molar-refractivity contribution in [2.45, 2.75) is 38.4 Å². The number of hydrogen-bond acceptors (Lipinski definition) is 3. The third kappa shape index (κ3) is 4.73. The van der Waals surface area contributed by atoms with Crippen molar-refractivity contribution in [1.82, 2.24) is 4.90 Å². The molecule has 2 unspecified atom stereocenters. The lowest BCUT2D eigenvalue weighted by molar-refractivity contribution is 0.0640. The normalized spacial score (nSPS) is 20.4. The second-order valence-corrected chi connectivity index (χ2v) is 5.93. The summed E-state index contributed by atoms with van der Waals surface area (Å²) in [5.41, 5.74) is 0.284. The number of benzene rings is 1. The van der Waals surface area contributed by atoms with Crippen LogP contribution in [0.4, 0.5) is 8.78 Å². The van der Waals surface area contributed by atoms with E-state index in [2.05, 4.69) is 4.90 Å². The van der Waals surface area contributed by atoms with Gasteiger partial charge in [-0.15, -0.1) is 0 Å². The van der Waals surface area contributed by atoms with E-state index >= 15 is 0 Å². The molecule has 118 valence electrons. The molecule has 3 nitrogen and oxygen atoms in total. The molecule has 0 bridgehead atoms. The molecule has 0 saturated carbocycles. The Hall–Kier alpha value is -1.04. The molecule has 2 atom stereocenters. The van der Waals surface area contributed by atoms with Gasteiger partial charge in [0.05, 0.1) is 12.2 Å². The molecule has 0 amide bonds. The minimum atomic E-state index is -0.857. The van der Waals surface area contributed by atoms with E-state index in [1.54, 1.807) is 0 Å². The van der Waals surface area contributed by atoms with Crippen LogP contribution < -0.4 is 0 Å². The average molecular weight is 299 g/mol. The molecule has 1 aromatic carbocycles. The van der Waals surface area contributed by atoms with Crippen LogP contribution in [0.3, 0.4) is 0 Å². The molecule has 21 heavy (non-hydrogen) atoms. The fourth-order valence-corrected chi connectivity index (χ4v) is 2.90. The number of aliphatic hydroxyl groups is 2. The Balaban J connectivity index is 1.80. The van der Waals surface area contributed by atoms with Crippen molar-refractivity contribution in [3.63, 3.8) is 0 Å². The number of likely N-dealkylation sites (tertiary alicyclic amines) is 1. The summed E-state index contributed by atoms with van der Waals surface area (Å²) in [5, 5.41) is 19.6. The van der Waals surface area contributed by atoms with E-state index in [4.69, 9.17) is 0 Å². The Labute approximate surface area is 124 Å². The molecule has 1 heterocycles. The smallest absolute Gasteiger partial charge is 0.126 e. The average Bonchev–Trinajstić information content (AvgIpc) is 2.44. The molecule has 0 aliphatic carbocycles. The second-order valence-electron chi connectivity index (χ2n) is 5.93. The molecule has 1 fully saturated rings. The highest BCUT2D eigenvalue weighted by Gasteiger charge is 2.23. The Morgan fingerprint density at radius 1 is 1.14 bits per heavy atom. The van der Waals surface area contributed by atoms with Crippen molar-refractivity contribution in [2.24, 2.45) is 5.92 Å². The van der Waals surface area contributed by atoms with Gasteiger partial charge in [-0.05, 0) is 62.9 Å². The van der Waals surface area contributed by atoms with Gasteiger partial charge in [-0.1, -0.05) is 0 Å².